The summed E-state index contributed by atoms with van der Waals surface area (Å²) in [6, 6.07) is 7.09. The third-order valence-corrected chi connectivity index (χ3v) is 3.01. The van der Waals surface area contributed by atoms with Crippen molar-refractivity contribution in [1.29, 1.82) is 0 Å². The van der Waals surface area contributed by atoms with Crippen molar-refractivity contribution in [1.82, 2.24) is 15.5 Å². The Morgan fingerprint density at radius 2 is 1.81 bits per heavy atom. The van der Waals surface area contributed by atoms with Crippen LogP contribution in [0.25, 0.3) is 0 Å². The van der Waals surface area contributed by atoms with Crippen LogP contribution in [0.15, 0.2) is 24.3 Å². The van der Waals surface area contributed by atoms with Gasteiger partial charge in [0.1, 0.15) is 5.75 Å². The van der Waals surface area contributed by atoms with Gasteiger partial charge < -0.3 is 20.3 Å². The second-order valence-electron chi connectivity index (χ2n) is 5.03. The monoisotopic (exact) mass is 293 g/mol. The largest absolute Gasteiger partial charge is 0.497 e. The number of likely N-dealkylation sites (N-methyl/N-ethyl adjacent to an activating group) is 1. The number of nitrogens with zero attached hydrogens (tertiary/aromatic N) is 1. The Balaban J connectivity index is 2.46. The van der Waals surface area contributed by atoms with Gasteiger partial charge in [-0.3, -0.25) is 9.59 Å². The molecule has 2 amide bonds. The smallest absolute Gasteiger partial charge is 0.309 e. The summed E-state index contributed by atoms with van der Waals surface area (Å²) in [6.45, 7) is 2.95. The number of nitrogens with one attached hydrogen (secondary N) is 2. The summed E-state index contributed by atoms with van der Waals surface area (Å²) >= 11 is 0. The second kappa shape index (κ2) is 8.26. The highest BCUT2D eigenvalue weighted by atomic mass is 16.5. The number of benzene rings is 1. The summed E-state index contributed by atoms with van der Waals surface area (Å²) < 4.78 is 5.08. The van der Waals surface area contributed by atoms with Crippen molar-refractivity contribution in [2.24, 2.45) is 0 Å². The van der Waals surface area contributed by atoms with Crippen LogP contribution in [-0.2, 0) is 9.59 Å². The fraction of sp³-hybridized carbons (Fsp3) is 0.467. The lowest BCUT2D eigenvalue weighted by Crippen LogP contribution is -2.42. The molecule has 0 radical (unpaired) electrons. The first kappa shape index (κ1) is 17.0. The standard InChI is InChI=1S/C15H23N3O3/c1-11(12-5-7-13(21-4)8-6-12)17-15(20)14(19)16-9-10-18(2)3/h5-8,11H,9-10H2,1-4H3,(H,16,19)(H,17,20). The van der Waals surface area contributed by atoms with Gasteiger partial charge in [0.15, 0.2) is 0 Å². The van der Waals surface area contributed by atoms with Crippen molar-refractivity contribution >= 4 is 11.8 Å². The lowest BCUT2D eigenvalue weighted by Gasteiger charge is -2.15. The molecule has 0 aromatic heterocycles. The zero-order chi connectivity index (χ0) is 15.8. The fourth-order valence-electron chi connectivity index (χ4n) is 1.71. The van der Waals surface area contributed by atoms with Crippen LogP contribution in [0.5, 0.6) is 5.75 Å². The Bertz CT molecular complexity index is 472. The van der Waals surface area contributed by atoms with Crippen LogP contribution in [0.4, 0.5) is 0 Å². The highest BCUT2D eigenvalue weighted by molar-refractivity contribution is 6.35. The van der Waals surface area contributed by atoms with E-state index in [0.717, 1.165) is 11.3 Å². The van der Waals surface area contributed by atoms with E-state index in [2.05, 4.69) is 10.6 Å². The Morgan fingerprint density at radius 1 is 1.19 bits per heavy atom. The molecule has 0 aliphatic heterocycles. The minimum absolute atomic E-state index is 0.247. The van der Waals surface area contributed by atoms with Gasteiger partial charge in [-0.2, -0.15) is 0 Å². The molecule has 6 nitrogen and oxygen atoms in total. The van der Waals surface area contributed by atoms with E-state index in [0.29, 0.717) is 13.1 Å². The number of methoxy groups -OCH3 is 1. The van der Waals surface area contributed by atoms with Crippen molar-refractivity contribution in [3.8, 4) is 5.75 Å². The van der Waals surface area contributed by atoms with Gasteiger partial charge in [-0.05, 0) is 38.7 Å². The lowest BCUT2D eigenvalue weighted by atomic mass is 10.1. The molecule has 2 N–H and O–H groups in total. The Kier molecular flexibility index (Phi) is 6.68. The zero-order valence-electron chi connectivity index (χ0n) is 13.0. The maximum Gasteiger partial charge on any atom is 0.309 e. The average Bonchev–Trinajstić information content (AvgIpc) is 2.46. The molecule has 1 atom stereocenters. The predicted molar refractivity (Wildman–Crippen MR) is 81.1 cm³/mol. The minimum atomic E-state index is -0.628. The molecule has 6 heteroatoms. The molecule has 0 spiro atoms. The van der Waals surface area contributed by atoms with Crippen LogP contribution in [-0.4, -0.2) is 51.0 Å². The third-order valence-electron chi connectivity index (χ3n) is 3.01. The van der Waals surface area contributed by atoms with Crippen molar-refractivity contribution in [2.45, 2.75) is 13.0 Å². The van der Waals surface area contributed by atoms with Gasteiger partial charge in [0, 0.05) is 13.1 Å². The molecule has 1 unspecified atom stereocenters. The van der Waals surface area contributed by atoms with Gasteiger partial charge in [0.2, 0.25) is 0 Å². The number of carbonyl (C=O) groups is 2. The first-order chi connectivity index (χ1) is 9.93. The second-order valence-corrected chi connectivity index (χ2v) is 5.03. The van der Waals surface area contributed by atoms with E-state index >= 15 is 0 Å². The highest BCUT2D eigenvalue weighted by Crippen LogP contribution is 2.16. The molecule has 0 saturated carbocycles. The summed E-state index contributed by atoms with van der Waals surface area (Å²) in [5.41, 5.74) is 0.908. The molecule has 21 heavy (non-hydrogen) atoms. The molecule has 1 aromatic carbocycles. The summed E-state index contributed by atoms with van der Waals surface area (Å²) in [7, 11) is 5.40. The number of amides is 2. The van der Waals surface area contributed by atoms with Gasteiger partial charge in [-0.25, -0.2) is 0 Å². The quantitative estimate of drug-likeness (QED) is 0.752. The van der Waals surface area contributed by atoms with Gasteiger partial charge in [-0.15, -0.1) is 0 Å². The normalized spacial score (nSPS) is 11.9. The van der Waals surface area contributed by atoms with Gasteiger partial charge >= 0.3 is 11.8 Å². The van der Waals surface area contributed by atoms with Crippen LogP contribution in [0.3, 0.4) is 0 Å². The topological polar surface area (TPSA) is 70.7 Å². The molecular weight excluding hydrogens is 270 g/mol. The average molecular weight is 293 g/mol. The summed E-state index contributed by atoms with van der Waals surface area (Å²) in [5.74, 6) is -0.493. The Hall–Kier alpha value is -2.08. The number of carbonyl (C=O) groups excluding carboxylic acids is 2. The van der Waals surface area contributed by atoms with E-state index in [4.69, 9.17) is 4.74 Å². The maximum absolute atomic E-state index is 11.8. The van der Waals surface area contributed by atoms with Crippen molar-refractivity contribution in [3.63, 3.8) is 0 Å². The molecular formula is C15H23N3O3. The lowest BCUT2D eigenvalue weighted by molar-refractivity contribution is -0.139. The van der Waals surface area contributed by atoms with Crippen LogP contribution in [0.1, 0.15) is 18.5 Å². The van der Waals surface area contributed by atoms with Gasteiger partial charge in [0.25, 0.3) is 0 Å². The van der Waals surface area contributed by atoms with Crippen molar-refractivity contribution in [3.05, 3.63) is 29.8 Å². The van der Waals surface area contributed by atoms with E-state index in [1.54, 1.807) is 7.11 Å². The first-order valence-electron chi connectivity index (χ1n) is 6.81. The van der Waals surface area contributed by atoms with E-state index in [-0.39, 0.29) is 6.04 Å². The molecule has 0 heterocycles. The van der Waals surface area contributed by atoms with Crippen LogP contribution < -0.4 is 15.4 Å². The van der Waals surface area contributed by atoms with Gasteiger partial charge in [0.05, 0.1) is 13.2 Å². The Labute approximate surface area is 125 Å². The SMILES string of the molecule is COc1ccc(C(C)NC(=O)C(=O)NCCN(C)C)cc1. The summed E-state index contributed by atoms with van der Waals surface area (Å²) in [4.78, 5) is 25.3. The fourth-order valence-corrected chi connectivity index (χ4v) is 1.71. The molecule has 116 valence electrons. The Morgan fingerprint density at radius 3 is 2.33 bits per heavy atom. The molecule has 0 saturated heterocycles. The van der Waals surface area contributed by atoms with E-state index in [9.17, 15) is 9.59 Å². The van der Waals surface area contributed by atoms with E-state index < -0.39 is 11.8 Å². The van der Waals surface area contributed by atoms with Crippen molar-refractivity contribution in [2.75, 3.05) is 34.3 Å². The molecule has 1 aromatic rings. The predicted octanol–water partition coefficient (Wildman–Crippen LogP) is 0.550. The van der Waals surface area contributed by atoms with Crippen LogP contribution >= 0.6 is 0 Å². The molecule has 0 aliphatic carbocycles. The molecule has 0 fully saturated rings. The minimum Gasteiger partial charge on any atom is -0.497 e. The number of hydrogen-bond donors (Lipinski definition) is 2. The molecule has 1 rings (SSSR count). The van der Waals surface area contributed by atoms with Crippen LogP contribution in [0, 0.1) is 0 Å². The highest BCUT2D eigenvalue weighted by Gasteiger charge is 2.16. The zero-order valence-corrected chi connectivity index (χ0v) is 13.0. The summed E-state index contributed by atoms with van der Waals surface area (Å²) in [6.07, 6.45) is 0. The first-order valence-corrected chi connectivity index (χ1v) is 6.81. The van der Waals surface area contributed by atoms with E-state index in [1.807, 2.05) is 50.2 Å². The van der Waals surface area contributed by atoms with Gasteiger partial charge in [-0.1, -0.05) is 12.1 Å². The maximum atomic E-state index is 11.8. The van der Waals surface area contributed by atoms with Crippen LogP contribution in [0.2, 0.25) is 0 Å². The third kappa shape index (κ3) is 5.83. The van der Waals surface area contributed by atoms with Crippen molar-refractivity contribution < 1.29 is 14.3 Å². The number of hydrogen-bond acceptors (Lipinski definition) is 4. The van der Waals surface area contributed by atoms with E-state index in [1.165, 1.54) is 0 Å². The number of rotatable bonds is 6. The summed E-state index contributed by atoms with van der Waals surface area (Å²) in [5, 5.41) is 5.24. The number of ether oxygens (including phenoxy) is 1. The molecule has 0 bridgehead atoms. The molecule has 0 aliphatic rings.